The summed E-state index contributed by atoms with van der Waals surface area (Å²) in [4.78, 5) is 11.8. The van der Waals surface area contributed by atoms with E-state index >= 15 is 0 Å². The molecule has 3 heteroatoms. The molecule has 0 spiro atoms. The van der Waals surface area contributed by atoms with Crippen LogP contribution in [0.1, 0.15) is 48.2 Å². The number of carbonyl (C=O) groups excluding carboxylic acids is 1. The molecule has 1 atom stereocenters. The van der Waals surface area contributed by atoms with E-state index < -0.39 is 0 Å². The Labute approximate surface area is 95.8 Å². The molecule has 1 fully saturated rings. The number of carbonyl (C=O) groups is 1. The van der Waals surface area contributed by atoms with Crippen LogP contribution in [0.4, 0.5) is 0 Å². The Hall–Kier alpha value is -1.09. The maximum Gasteiger partial charge on any atom is 0.198 e. The van der Waals surface area contributed by atoms with Gasteiger partial charge in [0.25, 0.3) is 0 Å². The Morgan fingerprint density at radius 2 is 2.44 bits per heavy atom. The number of hydrogen-bond acceptors (Lipinski definition) is 3. The third-order valence-electron chi connectivity index (χ3n) is 3.07. The number of aryl methyl sites for hydroxylation is 1. The van der Waals surface area contributed by atoms with Crippen LogP contribution in [0.3, 0.4) is 0 Å². The van der Waals surface area contributed by atoms with Crippen LogP contribution in [-0.2, 0) is 4.74 Å². The predicted octanol–water partition coefficient (Wildman–Crippen LogP) is 3.12. The van der Waals surface area contributed by atoms with Gasteiger partial charge < -0.3 is 9.15 Å². The molecule has 0 aromatic carbocycles. The zero-order chi connectivity index (χ0) is 11.4. The molecular weight excluding hydrogens is 204 g/mol. The SMILES string of the molecule is Cc1ccoc1C(=O)CCCC1CCCO1. The van der Waals surface area contributed by atoms with Gasteiger partial charge in [0.15, 0.2) is 11.5 Å². The van der Waals surface area contributed by atoms with Gasteiger partial charge in [-0.15, -0.1) is 0 Å². The highest BCUT2D eigenvalue weighted by atomic mass is 16.5. The predicted molar refractivity (Wildman–Crippen MR) is 60.6 cm³/mol. The highest BCUT2D eigenvalue weighted by molar-refractivity contribution is 5.94. The fourth-order valence-corrected chi connectivity index (χ4v) is 2.13. The largest absolute Gasteiger partial charge is 0.461 e. The summed E-state index contributed by atoms with van der Waals surface area (Å²) in [5.74, 6) is 0.632. The second-order valence-electron chi connectivity index (χ2n) is 4.38. The zero-order valence-corrected chi connectivity index (χ0v) is 9.70. The quantitative estimate of drug-likeness (QED) is 0.718. The molecule has 0 N–H and O–H groups in total. The standard InChI is InChI=1S/C13H18O3/c1-10-7-9-16-13(10)12(14)6-2-4-11-5-3-8-15-11/h7,9,11H,2-6,8H2,1H3. The van der Waals surface area contributed by atoms with Gasteiger partial charge in [-0.1, -0.05) is 0 Å². The number of hydrogen-bond donors (Lipinski definition) is 0. The van der Waals surface area contributed by atoms with Gasteiger partial charge in [0.2, 0.25) is 0 Å². The maximum atomic E-state index is 11.8. The van der Waals surface area contributed by atoms with E-state index in [9.17, 15) is 4.79 Å². The van der Waals surface area contributed by atoms with Crippen LogP contribution < -0.4 is 0 Å². The minimum atomic E-state index is 0.112. The highest BCUT2D eigenvalue weighted by Gasteiger charge is 2.17. The van der Waals surface area contributed by atoms with Crippen molar-refractivity contribution in [3.8, 4) is 0 Å². The van der Waals surface area contributed by atoms with Crippen molar-refractivity contribution in [2.45, 2.75) is 45.1 Å². The molecule has 0 amide bonds. The molecule has 0 aliphatic carbocycles. The van der Waals surface area contributed by atoms with Gasteiger partial charge in [-0.25, -0.2) is 0 Å². The number of Topliss-reactive ketones (excluding diaryl/α,β-unsaturated/α-hetero) is 1. The van der Waals surface area contributed by atoms with Gasteiger partial charge in [0.1, 0.15) is 0 Å². The third-order valence-corrected chi connectivity index (χ3v) is 3.07. The second kappa shape index (κ2) is 5.30. The van der Waals surface area contributed by atoms with Crippen molar-refractivity contribution >= 4 is 5.78 Å². The molecule has 2 heterocycles. The molecule has 0 radical (unpaired) electrons. The van der Waals surface area contributed by atoms with Gasteiger partial charge >= 0.3 is 0 Å². The molecule has 1 aliphatic heterocycles. The van der Waals surface area contributed by atoms with Crippen molar-refractivity contribution in [1.82, 2.24) is 0 Å². The number of rotatable bonds is 5. The summed E-state index contributed by atoms with van der Waals surface area (Å²) in [7, 11) is 0. The van der Waals surface area contributed by atoms with Crippen LogP contribution >= 0.6 is 0 Å². The molecule has 88 valence electrons. The first-order valence-electron chi connectivity index (χ1n) is 5.96. The van der Waals surface area contributed by atoms with Gasteiger partial charge in [-0.3, -0.25) is 4.79 Å². The van der Waals surface area contributed by atoms with Crippen LogP contribution in [0.15, 0.2) is 16.7 Å². The van der Waals surface area contributed by atoms with E-state index in [2.05, 4.69) is 0 Å². The van der Waals surface area contributed by atoms with Crippen LogP contribution in [0, 0.1) is 6.92 Å². The summed E-state index contributed by atoms with van der Waals surface area (Å²) in [6.45, 7) is 2.78. The van der Waals surface area contributed by atoms with E-state index in [-0.39, 0.29) is 5.78 Å². The van der Waals surface area contributed by atoms with Crippen molar-refractivity contribution in [2.24, 2.45) is 0 Å². The number of ketones is 1. The number of furan rings is 1. The molecule has 0 bridgehead atoms. The average molecular weight is 222 g/mol. The Bertz CT molecular complexity index is 348. The fourth-order valence-electron chi connectivity index (χ4n) is 2.13. The van der Waals surface area contributed by atoms with Gasteiger partial charge in [0, 0.05) is 13.0 Å². The first-order valence-corrected chi connectivity index (χ1v) is 5.96. The summed E-state index contributed by atoms with van der Waals surface area (Å²) < 4.78 is 10.7. The molecule has 2 rings (SSSR count). The van der Waals surface area contributed by atoms with E-state index in [1.807, 2.05) is 13.0 Å². The lowest BCUT2D eigenvalue weighted by Gasteiger charge is -2.07. The number of ether oxygens (including phenoxy) is 1. The lowest BCUT2D eigenvalue weighted by Crippen LogP contribution is -2.06. The highest BCUT2D eigenvalue weighted by Crippen LogP contribution is 2.19. The molecule has 0 saturated carbocycles. The summed E-state index contributed by atoms with van der Waals surface area (Å²) in [6.07, 6.45) is 6.71. The first kappa shape index (κ1) is 11.4. The van der Waals surface area contributed by atoms with Crippen molar-refractivity contribution < 1.29 is 13.9 Å². The molecule has 1 saturated heterocycles. The van der Waals surface area contributed by atoms with Crippen LogP contribution in [0.2, 0.25) is 0 Å². The Morgan fingerprint density at radius 3 is 3.06 bits per heavy atom. The molecular formula is C13H18O3. The topological polar surface area (TPSA) is 39.4 Å². The van der Waals surface area contributed by atoms with Crippen molar-refractivity contribution in [2.75, 3.05) is 6.61 Å². The van der Waals surface area contributed by atoms with Gasteiger partial charge in [-0.2, -0.15) is 0 Å². The Kier molecular flexibility index (Phi) is 3.78. The van der Waals surface area contributed by atoms with Gasteiger partial charge in [0.05, 0.1) is 12.4 Å². The lowest BCUT2D eigenvalue weighted by atomic mass is 10.1. The normalized spacial score (nSPS) is 20.2. The van der Waals surface area contributed by atoms with Crippen LogP contribution in [0.5, 0.6) is 0 Å². The minimum Gasteiger partial charge on any atom is -0.461 e. The molecule has 16 heavy (non-hydrogen) atoms. The lowest BCUT2D eigenvalue weighted by molar-refractivity contribution is 0.0902. The van der Waals surface area contributed by atoms with Crippen LogP contribution in [0.25, 0.3) is 0 Å². The van der Waals surface area contributed by atoms with Crippen LogP contribution in [-0.4, -0.2) is 18.5 Å². The Balaban J connectivity index is 1.73. The van der Waals surface area contributed by atoms with E-state index in [4.69, 9.17) is 9.15 Å². The van der Waals surface area contributed by atoms with E-state index in [1.54, 1.807) is 6.26 Å². The zero-order valence-electron chi connectivity index (χ0n) is 9.70. The molecule has 1 aromatic rings. The van der Waals surface area contributed by atoms with Gasteiger partial charge in [-0.05, 0) is 44.2 Å². The van der Waals surface area contributed by atoms with Crippen molar-refractivity contribution in [1.29, 1.82) is 0 Å². The molecule has 1 aromatic heterocycles. The fraction of sp³-hybridized carbons (Fsp3) is 0.615. The summed E-state index contributed by atoms with van der Waals surface area (Å²) in [5.41, 5.74) is 0.933. The Morgan fingerprint density at radius 1 is 1.56 bits per heavy atom. The molecule has 3 nitrogen and oxygen atoms in total. The average Bonchev–Trinajstić information content (AvgIpc) is 2.88. The van der Waals surface area contributed by atoms with E-state index in [0.29, 0.717) is 18.3 Å². The minimum absolute atomic E-state index is 0.112. The van der Waals surface area contributed by atoms with Crippen molar-refractivity contribution in [3.63, 3.8) is 0 Å². The monoisotopic (exact) mass is 222 g/mol. The van der Waals surface area contributed by atoms with E-state index in [1.165, 1.54) is 0 Å². The first-order chi connectivity index (χ1) is 7.77. The maximum absolute atomic E-state index is 11.8. The smallest absolute Gasteiger partial charge is 0.198 e. The summed E-state index contributed by atoms with van der Waals surface area (Å²) in [5, 5.41) is 0. The molecule has 1 unspecified atom stereocenters. The second-order valence-corrected chi connectivity index (χ2v) is 4.38. The molecule has 1 aliphatic rings. The summed E-state index contributed by atoms with van der Waals surface area (Å²) >= 11 is 0. The summed E-state index contributed by atoms with van der Waals surface area (Å²) in [6, 6.07) is 1.83. The van der Waals surface area contributed by atoms with Crippen molar-refractivity contribution in [3.05, 3.63) is 23.7 Å². The third kappa shape index (κ3) is 2.73. The van der Waals surface area contributed by atoms with E-state index in [0.717, 1.165) is 37.9 Å².